The van der Waals surface area contributed by atoms with Crippen LogP contribution in [0.15, 0.2) is 59.8 Å². The van der Waals surface area contributed by atoms with Crippen LogP contribution >= 0.6 is 0 Å². The van der Waals surface area contributed by atoms with Crippen LogP contribution in [0.3, 0.4) is 0 Å². The number of aliphatic hydroxyl groups excluding tert-OH is 2. The van der Waals surface area contributed by atoms with Gasteiger partial charge in [-0.15, -0.1) is 0 Å². The molecule has 0 spiro atoms. The zero-order chi connectivity index (χ0) is 24.2. The maximum Gasteiger partial charge on any atom is 0.0825 e. The number of allylic oxidation sites excluding steroid dienone is 6. The Labute approximate surface area is 201 Å². The van der Waals surface area contributed by atoms with E-state index in [-0.39, 0.29) is 0 Å². The molecule has 0 amide bonds. The molecule has 3 aliphatic rings. The minimum atomic E-state index is -0.689. The Morgan fingerprint density at radius 3 is 2.58 bits per heavy atom. The molecule has 3 heteroatoms. The molecule has 0 aromatic rings. The largest absolute Gasteiger partial charge is 0.393 e. The van der Waals surface area contributed by atoms with Crippen molar-refractivity contribution in [1.29, 1.82) is 0 Å². The van der Waals surface area contributed by atoms with Gasteiger partial charge in [0.1, 0.15) is 0 Å². The van der Waals surface area contributed by atoms with Crippen molar-refractivity contribution in [1.82, 2.24) is 0 Å². The Hall–Kier alpha value is -1.42. The van der Waals surface area contributed by atoms with Crippen molar-refractivity contribution < 1.29 is 15.3 Å². The van der Waals surface area contributed by atoms with E-state index in [2.05, 4.69) is 44.7 Å². The number of fused-ring (bicyclic) bond motifs is 1. The summed E-state index contributed by atoms with van der Waals surface area (Å²) >= 11 is 0. The predicted molar refractivity (Wildman–Crippen MR) is 138 cm³/mol. The van der Waals surface area contributed by atoms with Crippen molar-refractivity contribution in [3.63, 3.8) is 0 Å². The van der Waals surface area contributed by atoms with Gasteiger partial charge in [-0.3, -0.25) is 0 Å². The summed E-state index contributed by atoms with van der Waals surface area (Å²) in [5.74, 6) is 1.77. The summed E-state index contributed by atoms with van der Waals surface area (Å²) in [4.78, 5) is 0. The van der Waals surface area contributed by atoms with E-state index in [0.29, 0.717) is 36.0 Å². The van der Waals surface area contributed by atoms with Crippen LogP contribution in [0.4, 0.5) is 0 Å². The molecule has 3 nitrogen and oxygen atoms in total. The van der Waals surface area contributed by atoms with Crippen molar-refractivity contribution in [3.05, 3.63) is 59.8 Å². The molecule has 0 aromatic carbocycles. The van der Waals surface area contributed by atoms with Crippen molar-refractivity contribution in [2.75, 3.05) is 0 Å². The molecule has 0 heterocycles. The second-order valence-electron chi connectivity index (χ2n) is 11.1. The molecule has 0 aromatic heterocycles. The maximum atomic E-state index is 10.5. The molecule has 6 atom stereocenters. The molecule has 0 bridgehead atoms. The molecule has 0 aliphatic heterocycles. The second-order valence-corrected chi connectivity index (χ2v) is 11.1. The van der Waals surface area contributed by atoms with E-state index in [1.807, 2.05) is 26.0 Å². The van der Waals surface area contributed by atoms with Gasteiger partial charge in [-0.1, -0.05) is 76.3 Å². The highest BCUT2D eigenvalue weighted by atomic mass is 16.3. The highest BCUT2D eigenvalue weighted by Crippen LogP contribution is 2.59. The number of hydrogen-bond acceptors (Lipinski definition) is 3. The molecule has 0 radical (unpaired) electrons. The Kier molecular flexibility index (Phi) is 8.64. The first-order valence-corrected chi connectivity index (χ1v) is 13.2. The van der Waals surface area contributed by atoms with E-state index in [4.69, 9.17) is 0 Å². The summed E-state index contributed by atoms with van der Waals surface area (Å²) < 4.78 is 0. The number of hydrogen-bond donors (Lipinski definition) is 3. The van der Waals surface area contributed by atoms with Gasteiger partial charge in [-0.25, -0.2) is 0 Å². The normalized spacial score (nSPS) is 36.9. The fourth-order valence-electron chi connectivity index (χ4n) is 6.70. The van der Waals surface area contributed by atoms with Crippen LogP contribution in [0.2, 0.25) is 0 Å². The Morgan fingerprint density at radius 2 is 1.88 bits per heavy atom. The fourth-order valence-corrected chi connectivity index (χ4v) is 6.70. The van der Waals surface area contributed by atoms with Gasteiger partial charge in [0.05, 0.1) is 17.8 Å². The van der Waals surface area contributed by atoms with Gasteiger partial charge in [-0.2, -0.15) is 0 Å². The Bertz CT molecular complexity index is 812. The summed E-state index contributed by atoms with van der Waals surface area (Å²) in [6, 6.07) is 0. The predicted octanol–water partition coefficient (Wildman–Crippen LogP) is 6.43. The van der Waals surface area contributed by atoms with Gasteiger partial charge in [0.25, 0.3) is 0 Å². The van der Waals surface area contributed by atoms with Crippen LogP contribution in [0.1, 0.15) is 85.5 Å². The van der Waals surface area contributed by atoms with Gasteiger partial charge in [-0.05, 0) is 85.7 Å². The van der Waals surface area contributed by atoms with Crippen molar-refractivity contribution in [2.24, 2.45) is 23.2 Å². The van der Waals surface area contributed by atoms with Gasteiger partial charge in [0.15, 0.2) is 0 Å². The monoisotopic (exact) mass is 454 g/mol. The maximum absolute atomic E-state index is 10.5. The van der Waals surface area contributed by atoms with Gasteiger partial charge >= 0.3 is 0 Å². The molecule has 3 saturated carbocycles. The first kappa shape index (κ1) is 26.2. The Balaban J connectivity index is 1.72. The quantitative estimate of drug-likeness (QED) is 0.389. The third kappa shape index (κ3) is 5.81. The molecular formula is C30H46O3. The third-order valence-corrected chi connectivity index (χ3v) is 9.09. The summed E-state index contributed by atoms with van der Waals surface area (Å²) in [5, 5.41) is 30.7. The summed E-state index contributed by atoms with van der Waals surface area (Å²) in [6.07, 6.45) is 20.3. The molecule has 3 N–H and O–H groups in total. The average molecular weight is 455 g/mol. The van der Waals surface area contributed by atoms with Crippen LogP contribution in [-0.4, -0.2) is 33.1 Å². The lowest BCUT2D eigenvalue weighted by Gasteiger charge is -2.44. The van der Waals surface area contributed by atoms with E-state index in [0.717, 1.165) is 30.4 Å². The molecular weight excluding hydrogens is 408 g/mol. The first-order valence-electron chi connectivity index (χ1n) is 13.2. The molecule has 3 rings (SSSR count). The van der Waals surface area contributed by atoms with E-state index in [9.17, 15) is 15.3 Å². The van der Waals surface area contributed by atoms with Crippen molar-refractivity contribution in [2.45, 2.75) is 103 Å². The summed E-state index contributed by atoms with van der Waals surface area (Å²) in [6.45, 7) is 13.0. The number of aliphatic hydroxyl groups is 3. The van der Waals surface area contributed by atoms with Crippen LogP contribution in [0.25, 0.3) is 0 Å². The number of rotatable bonds is 7. The Morgan fingerprint density at radius 1 is 1.15 bits per heavy atom. The smallest absolute Gasteiger partial charge is 0.0825 e. The molecule has 3 fully saturated rings. The van der Waals surface area contributed by atoms with Gasteiger partial charge < -0.3 is 15.3 Å². The van der Waals surface area contributed by atoms with Gasteiger partial charge in [0.2, 0.25) is 0 Å². The highest BCUT2D eigenvalue weighted by Gasteiger charge is 2.50. The van der Waals surface area contributed by atoms with Crippen LogP contribution in [-0.2, 0) is 0 Å². The fraction of sp³-hybridized carbons (Fsp3) is 0.667. The van der Waals surface area contributed by atoms with Crippen molar-refractivity contribution >= 4 is 0 Å². The van der Waals surface area contributed by atoms with E-state index in [1.165, 1.54) is 31.3 Å². The first-order chi connectivity index (χ1) is 15.6. The average Bonchev–Trinajstić information content (AvgIpc) is 3.15. The van der Waals surface area contributed by atoms with Crippen LogP contribution in [0.5, 0.6) is 0 Å². The molecule has 3 aliphatic carbocycles. The minimum absolute atomic E-state index is 0.312. The SMILES string of the molecule is C=C1/C(=C\C=C2/CCC[C@]3(C)C([C@H](C)/C=C/C=C/C(O)(CC)CC)CC[C@@H]23)C[C@@H](O)C[C@@H]1O. The molecule has 1 unspecified atom stereocenters. The van der Waals surface area contributed by atoms with E-state index >= 15 is 0 Å². The lowest BCUT2D eigenvalue weighted by Crippen LogP contribution is -2.35. The van der Waals surface area contributed by atoms with E-state index < -0.39 is 17.8 Å². The van der Waals surface area contributed by atoms with Gasteiger partial charge in [0, 0.05) is 6.42 Å². The molecule has 0 saturated heterocycles. The van der Waals surface area contributed by atoms with E-state index in [1.54, 1.807) is 0 Å². The van der Waals surface area contributed by atoms with Crippen LogP contribution < -0.4 is 0 Å². The zero-order valence-corrected chi connectivity index (χ0v) is 21.3. The molecule has 33 heavy (non-hydrogen) atoms. The summed E-state index contributed by atoms with van der Waals surface area (Å²) in [7, 11) is 0. The molecule has 184 valence electrons. The van der Waals surface area contributed by atoms with Crippen molar-refractivity contribution in [3.8, 4) is 0 Å². The highest BCUT2D eigenvalue weighted by molar-refractivity contribution is 5.38. The van der Waals surface area contributed by atoms with Crippen LogP contribution in [0, 0.1) is 23.2 Å². The third-order valence-electron chi connectivity index (χ3n) is 9.09. The zero-order valence-electron chi connectivity index (χ0n) is 21.3. The summed E-state index contributed by atoms with van der Waals surface area (Å²) in [5.41, 5.74) is 2.92. The lowest BCUT2D eigenvalue weighted by atomic mass is 9.61. The lowest BCUT2D eigenvalue weighted by molar-refractivity contribution is 0.0827. The standard InChI is InChI=1S/C30H46O3/c1-6-30(33,7-2)18-9-8-11-21(3)26-15-16-27-23(12-10-17-29(26,27)5)13-14-24-19-25(31)20-28(32)22(24)4/h8-9,11,13-14,18,21,25-28,31-33H,4,6-7,10,12,15-17,19-20H2,1-3,5H3/b11-8+,18-9+,23-13+,24-14-/t21-,25-,26?,27+,28+,29-/m1/s1. The minimum Gasteiger partial charge on any atom is -0.393 e. The second kappa shape index (κ2) is 10.9. The topological polar surface area (TPSA) is 60.7 Å².